The van der Waals surface area contributed by atoms with Crippen LogP contribution in [0.2, 0.25) is 0 Å². The predicted octanol–water partition coefficient (Wildman–Crippen LogP) is 2.95. The predicted molar refractivity (Wildman–Crippen MR) is 81.5 cm³/mol. The molecule has 2 N–H and O–H groups in total. The van der Waals surface area contributed by atoms with Gasteiger partial charge in [0.2, 0.25) is 0 Å². The van der Waals surface area contributed by atoms with E-state index in [1.807, 2.05) is 0 Å². The largest absolute Gasteiger partial charge is 0.383 e. The van der Waals surface area contributed by atoms with Gasteiger partial charge in [-0.1, -0.05) is 19.8 Å². The number of nitrogens with one attached hydrogen (secondary N) is 2. The summed E-state index contributed by atoms with van der Waals surface area (Å²) in [5, 5.41) is 16.7. The highest BCUT2D eigenvalue weighted by atomic mass is 16.6. The van der Waals surface area contributed by atoms with Gasteiger partial charge < -0.3 is 10.6 Å². The van der Waals surface area contributed by atoms with Crippen LogP contribution in [0.1, 0.15) is 43.0 Å². The SMILES string of the molecule is CCC(CC1CC1)NC(=O)c1ccc([N+](=O)[O-])c(NC)c1. The van der Waals surface area contributed by atoms with Gasteiger partial charge in [-0.15, -0.1) is 0 Å². The number of carbonyl (C=O) groups excluding carboxylic acids is 1. The molecule has 0 heterocycles. The van der Waals surface area contributed by atoms with Crippen LogP contribution >= 0.6 is 0 Å². The monoisotopic (exact) mass is 291 g/mol. The number of amides is 1. The minimum Gasteiger partial charge on any atom is -0.383 e. The molecule has 114 valence electrons. The van der Waals surface area contributed by atoms with E-state index in [0.717, 1.165) is 18.8 Å². The molecule has 1 atom stereocenters. The minimum absolute atomic E-state index is 0.0286. The Morgan fingerprint density at radius 2 is 2.19 bits per heavy atom. The van der Waals surface area contributed by atoms with Crippen LogP contribution in [0.4, 0.5) is 11.4 Å². The standard InChI is InChI=1S/C15H21N3O3/c1-3-12(8-10-4-5-10)17-15(19)11-6-7-14(18(20)21)13(9-11)16-2/h6-7,9-10,12,16H,3-5,8H2,1-2H3,(H,17,19). The second-order valence-electron chi connectivity index (χ2n) is 5.50. The van der Waals surface area contributed by atoms with E-state index in [2.05, 4.69) is 17.6 Å². The van der Waals surface area contributed by atoms with Crippen LogP contribution in [0, 0.1) is 16.0 Å². The van der Waals surface area contributed by atoms with Crippen molar-refractivity contribution in [2.24, 2.45) is 5.92 Å². The molecule has 1 aromatic rings. The molecule has 6 heteroatoms. The Hall–Kier alpha value is -2.11. The van der Waals surface area contributed by atoms with Gasteiger partial charge in [0.25, 0.3) is 11.6 Å². The van der Waals surface area contributed by atoms with Crippen molar-refractivity contribution in [1.82, 2.24) is 5.32 Å². The van der Waals surface area contributed by atoms with Gasteiger partial charge in [-0.2, -0.15) is 0 Å². The Morgan fingerprint density at radius 1 is 1.48 bits per heavy atom. The van der Waals surface area contributed by atoms with Gasteiger partial charge in [-0.3, -0.25) is 14.9 Å². The molecule has 1 unspecified atom stereocenters. The van der Waals surface area contributed by atoms with Crippen molar-refractivity contribution in [1.29, 1.82) is 0 Å². The van der Waals surface area contributed by atoms with E-state index in [0.29, 0.717) is 11.3 Å². The summed E-state index contributed by atoms with van der Waals surface area (Å²) in [4.78, 5) is 22.7. The topological polar surface area (TPSA) is 84.3 Å². The first-order chi connectivity index (χ1) is 10.0. The molecule has 1 aliphatic rings. The third-order valence-electron chi connectivity index (χ3n) is 3.87. The molecule has 0 radical (unpaired) electrons. The van der Waals surface area contributed by atoms with Crippen LogP contribution in [0.25, 0.3) is 0 Å². The van der Waals surface area contributed by atoms with Crippen molar-refractivity contribution in [3.05, 3.63) is 33.9 Å². The average molecular weight is 291 g/mol. The molecule has 0 spiro atoms. The first kappa shape index (κ1) is 15.3. The maximum Gasteiger partial charge on any atom is 0.292 e. The molecule has 0 aromatic heterocycles. The lowest BCUT2D eigenvalue weighted by molar-refractivity contribution is -0.383. The lowest BCUT2D eigenvalue weighted by Crippen LogP contribution is -2.34. The van der Waals surface area contributed by atoms with E-state index in [1.165, 1.54) is 31.0 Å². The molecule has 0 saturated heterocycles. The summed E-state index contributed by atoms with van der Waals surface area (Å²) in [6, 6.07) is 4.57. The first-order valence-corrected chi connectivity index (χ1v) is 7.32. The van der Waals surface area contributed by atoms with Crippen molar-refractivity contribution < 1.29 is 9.72 Å². The molecule has 1 amide bonds. The third kappa shape index (κ3) is 3.93. The van der Waals surface area contributed by atoms with E-state index < -0.39 is 4.92 Å². The second-order valence-corrected chi connectivity index (χ2v) is 5.50. The molecule has 1 aromatic carbocycles. The molecule has 1 saturated carbocycles. The molecular formula is C15H21N3O3. The van der Waals surface area contributed by atoms with Crippen LogP contribution in [-0.4, -0.2) is 23.9 Å². The Balaban J connectivity index is 2.08. The number of nitro groups is 1. The average Bonchev–Trinajstić information content (AvgIpc) is 3.29. The number of rotatable bonds is 7. The van der Waals surface area contributed by atoms with Crippen molar-refractivity contribution in [3.8, 4) is 0 Å². The highest BCUT2D eigenvalue weighted by molar-refractivity contribution is 5.96. The Labute approximate surface area is 124 Å². The summed E-state index contributed by atoms with van der Waals surface area (Å²) in [5.41, 5.74) is 0.765. The summed E-state index contributed by atoms with van der Waals surface area (Å²) in [5.74, 6) is 0.578. The number of benzene rings is 1. The zero-order chi connectivity index (χ0) is 15.4. The summed E-state index contributed by atoms with van der Waals surface area (Å²) in [6.07, 6.45) is 4.43. The third-order valence-corrected chi connectivity index (χ3v) is 3.87. The summed E-state index contributed by atoms with van der Waals surface area (Å²) in [6.45, 7) is 2.06. The molecule has 1 fully saturated rings. The summed E-state index contributed by atoms with van der Waals surface area (Å²) in [7, 11) is 1.60. The second kappa shape index (κ2) is 6.56. The molecular weight excluding hydrogens is 270 g/mol. The van der Waals surface area contributed by atoms with Gasteiger partial charge in [-0.25, -0.2) is 0 Å². The van der Waals surface area contributed by atoms with Crippen LogP contribution in [0.5, 0.6) is 0 Å². The van der Waals surface area contributed by atoms with Crippen LogP contribution in [-0.2, 0) is 0 Å². The van der Waals surface area contributed by atoms with E-state index in [1.54, 1.807) is 7.05 Å². The van der Waals surface area contributed by atoms with E-state index in [9.17, 15) is 14.9 Å². The van der Waals surface area contributed by atoms with E-state index in [-0.39, 0.29) is 17.6 Å². The number of nitrogens with zero attached hydrogens (tertiary/aromatic N) is 1. The number of carbonyl (C=O) groups is 1. The van der Waals surface area contributed by atoms with Gasteiger partial charge in [-0.05, 0) is 30.9 Å². The minimum atomic E-state index is -0.463. The zero-order valence-corrected chi connectivity index (χ0v) is 12.4. The number of hydrogen-bond donors (Lipinski definition) is 2. The van der Waals surface area contributed by atoms with Gasteiger partial charge in [0.05, 0.1) is 4.92 Å². The summed E-state index contributed by atoms with van der Waals surface area (Å²) >= 11 is 0. The van der Waals surface area contributed by atoms with E-state index >= 15 is 0 Å². The lowest BCUT2D eigenvalue weighted by Gasteiger charge is -2.17. The molecule has 1 aliphatic carbocycles. The van der Waals surface area contributed by atoms with Crippen LogP contribution in [0.15, 0.2) is 18.2 Å². The van der Waals surface area contributed by atoms with Crippen molar-refractivity contribution in [2.45, 2.75) is 38.6 Å². The number of hydrogen-bond acceptors (Lipinski definition) is 4. The maximum atomic E-state index is 12.3. The molecule has 6 nitrogen and oxygen atoms in total. The molecule has 0 bridgehead atoms. The number of anilines is 1. The fraction of sp³-hybridized carbons (Fsp3) is 0.533. The van der Waals surface area contributed by atoms with Crippen molar-refractivity contribution >= 4 is 17.3 Å². The Kier molecular flexibility index (Phi) is 4.77. The van der Waals surface area contributed by atoms with Gasteiger partial charge in [0.15, 0.2) is 0 Å². The van der Waals surface area contributed by atoms with Gasteiger partial charge in [0.1, 0.15) is 5.69 Å². The van der Waals surface area contributed by atoms with Crippen LogP contribution < -0.4 is 10.6 Å². The Bertz CT molecular complexity index is 541. The maximum absolute atomic E-state index is 12.3. The molecule has 0 aliphatic heterocycles. The highest BCUT2D eigenvalue weighted by Crippen LogP contribution is 2.34. The Morgan fingerprint density at radius 3 is 2.71 bits per heavy atom. The fourth-order valence-corrected chi connectivity index (χ4v) is 2.39. The van der Waals surface area contributed by atoms with E-state index in [4.69, 9.17) is 0 Å². The normalized spacial score (nSPS) is 15.3. The highest BCUT2D eigenvalue weighted by Gasteiger charge is 2.26. The quantitative estimate of drug-likeness (QED) is 0.597. The first-order valence-electron chi connectivity index (χ1n) is 7.32. The summed E-state index contributed by atoms with van der Waals surface area (Å²) < 4.78 is 0. The fourth-order valence-electron chi connectivity index (χ4n) is 2.39. The lowest BCUT2D eigenvalue weighted by atomic mass is 10.1. The van der Waals surface area contributed by atoms with Gasteiger partial charge >= 0.3 is 0 Å². The van der Waals surface area contributed by atoms with Crippen molar-refractivity contribution in [2.75, 3.05) is 12.4 Å². The zero-order valence-electron chi connectivity index (χ0n) is 12.4. The van der Waals surface area contributed by atoms with Crippen molar-refractivity contribution in [3.63, 3.8) is 0 Å². The molecule has 2 rings (SSSR count). The number of nitro benzene ring substituents is 1. The smallest absolute Gasteiger partial charge is 0.292 e. The van der Waals surface area contributed by atoms with Gasteiger partial charge in [0, 0.05) is 24.7 Å². The molecule has 21 heavy (non-hydrogen) atoms. The van der Waals surface area contributed by atoms with Crippen LogP contribution in [0.3, 0.4) is 0 Å².